The second-order valence-electron chi connectivity index (χ2n) is 2.67. The van der Waals surface area contributed by atoms with E-state index in [4.69, 9.17) is 4.74 Å². The Bertz CT molecular complexity index is 487. The number of rotatable bonds is 3. The summed E-state index contributed by atoms with van der Waals surface area (Å²) in [5.41, 5.74) is 0. The molecule has 0 aliphatic rings. The smallest absolute Gasteiger partial charge is 0.484 e. The molecule has 78 valence electrons. The summed E-state index contributed by atoms with van der Waals surface area (Å²) < 4.78 is 15.0. The maximum Gasteiger partial charge on any atom is 0.542 e. The predicted molar refractivity (Wildman–Crippen MR) is 53.5 cm³/mol. The quantitative estimate of drug-likeness (QED) is 0.854. The number of aromatic nitrogens is 1. The average Bonchev–Trinajstić information content (AvgIpc) is 2.64. The fourth-order valence-electron chi connectivity index (χ4n) is 0.953. The van der Waals surface area contributed by atoms with Crippen LogP contribution in [-0.4, -0.2) is 5.16 Å². The van der Waals surface area contributed by atoms with Gasteiger partial charge in [0.05, 0.1) is 0 Å². The van der Waals surface area contributed by atoms with E-state index in [1.54, 1.807) is 12.1 Å². The van der Waals surface area contributed by atoms with Gasteiger partial charge in [0.2, 0.25) is 0 Å². The number of benzene rings is 1. The first-order valence-corrected chi connectivity index (χ1v) is 4.87. The van der Waals surface area contributed by atoms with Gasteiger partial charge < -0.3 is 9.15 Å². The Hall–Kier alpha value is -1.56. The number of hydrogen-bond acceptors (Lipinski definition) is 5. The van der Waals surface area contributed by atoms with Crippen LogP contribution in [0.4, 0.5) is 0 Å². The summed E-state index contributed by atoms with van der Waals surface area (Å²) in [5, 5.41) is 3.36. The lowest BCUT2D eigenvalue weighted by Crippen LogP contribution is -1.95. The van der Waals surface area contributed by atoms with Gasteiger partial charge in [-0.2, -0.15) is 0 Å². The van der Waals surface area contributed by atoms with Crippen LogP contribution in [0.2, 0.25) is 0 Å². The van der Waals surface area contributed by atoms with Crippen LogP contribution < -0.4 is 10.6 Å². The maximum atomic E-state index is 10.5. The molecule has 1 aromatic heterocycles. The molecule has 0 atom stereocenters. The molecule has 0 bridgehead atoms. The summed E-state index contributed by atoms with van der Waals surface area (Å²) >= 11 is 3.30. The highest BCUT2D eigenvalue weighted by Crippen LogP contribution is 2.16. The zero-order chi connectivity index (χ0) is 10.7. The fourth-order valence-corrected chi connectivity index (χ4v) is 1.22. The summed E-state index contributed by atoms with van der Waals surface area (Å²) in [6.07, 6.45) is 0. The summed E-state index contributed by atoms with van der Waals surface area (Å²) in [7, 11) is 0. The number of ether oxygens (including phenoxy) is 1. The topological polar surface area (TPSA) is 65.5 Å². The SMILES string of the molecule is O=c1onc(COc2ccc(Br)cc2)o1. The zero-order valence-electron chi connectivity index (χ0n) is 7.47. The van der Waals surface area contributed by atoms with Crippen LogP contribution in [0.1, 0.15) is 5.89 Å². The maximum absolute atomic E-state index is 10.5. The molecule has 0 spiro atoms. The van der Waals surface area contributed by atoms with Gasteiger partial charge in [0.25, 0.3) is 5.89 Å². The van der Waals surface area contributed by atoms with Gasteiger partial charge in [-0.25, -0.2) is 4.79 Å². The molecule has 0 unspecified atom stereocenters. The Morgan fingerprint density at radius 1 is 1.33 bits per heavy atom. The van der Waals surface area contributed by atoms with Crippen molar-refractivity contribution in [1.82, 2.24) is 5.16 Å². The molecule has 6 heteroatoms. The van der Waals surface area contributed by atoms with E-state index >= 15 is 0 Å². The molecule has 0 aliphatic carbocycles. The van der Waals surface area contributed by atoms with Gasteiger partial charge in [-0.3, -0.25) is 4.52 Å². The lowest BCUT2D eigenvalue weighted by Gasteiger charge is -2.01. The highest BCUT2D eigenvalue weighted by atomic mass is 79.9. The molecule has 2 rings (SSSR count). The van der Waals surface area contributed by atoms with Crippen molar-refractivity contribution in [3.8, 4) is 5.75 Å². The van der Waals surface area contributed by atoms with Crippen LogP contribution in [0.5, 0.6) is 5.75 Å². The summed E-state index contributed by atoms with van der Waals surface area (Å²) in [5.74, 6) is -0.0591. The second-order valence-corrected chi connectivity index (χ2v) is 3.59. The first kappa shape index (κ1) is 9.97. The van der Waals surface area contributed by atoms with Crippen LogP contribution >= 0.6 is 15.9 Å². The molecule has 5 nitrogen and oxygen atoms in total. The van der Waals surface area contributed by atoms with E-state index in [0.717, 1.165) is 4.47 Å². The Labute approximate surface area is 92.8 Å². The summed E-state index contributed by atoms with van der Waals surface area (Å²) in [6, 6.07) is 7.24. The minimum atomic E-state index is -0.829. The van der Waals surface area contributed by atoms with Gasteiger partial charge in [-0.15, -0.1) is 0 Å². The van der Waals surface area contributed by atoms with Gasteiger partial charge in [0.15, 0.2) is 6.61 Å². The Morgan fingerprint density at radius 3 is 2.67 bits per heavy atom. The molecular weight excluding hydrogens is 266 g/mol. The first-order chi connectivity index (χ1) is 7.24. The van der Waals surface area contributed by atoms with E-state index in [-0.39, 0.29) is 12.5 Å². The molecular formula is C9H6BrNO4. The molecule has 0 aliphatic heterocycles. The molecule has 0 saturated carbocycles. The Morgan fingerprint density at radius 2 is 2.07 bits per heavy atom. The third-order valence-corrected chi connectivity index (χ3v) is 2.13. The van der Waals surface area contributed by atoms with E-state index in [9.17, 15) is 4.79 Å². The van der Waals surface area contributed by atoms with Crippen molar-refractivity contribution < 1.29 is 13.7 Å². The second kappa shape index (κ2) is 4.31. The van der Waals surface area contributed by atoms with Gasteiger partial charge in [-0.1, -0.05) is 15.9 Å². The number of nitrogens with zero attached hydrogens (tertiary/aromatic N) is 1. The highest BCUT2D eigenvalue weighted by Gasteiger charge is 2.03. The summed E-state index contributed by atoms with van der Waals surface area (Å²) in [4.78, 5) is 10.5. The molecule has 15 heavy (non-hydrogen) atoms. The largest absolute Gasteiger partial charge is 0.542 e. The molecule has 0 N–H and O–H groups in total. The highest BCUT2D eigenvalue weighted by molar-refractivity contribution is 9.10. The van der Waals surface area contributed by atoms with Gasteiger partial charge >= 0.3 is 5.82 Å². The first-order valence-electron chi connectivity index (χ1n) is 4.08. The predicted octanol–water partition coefficient (Wildman–Crippen LogP) is 1.97. The van der Waals surface area contributed by atoms with Crippen molar-refractivity contribution in [3.63, 3.8) is 0 Å². The molecule has 1 heterocycles. The average molecular weight is 272 g/mol. The Kier molecular flexibility index (Phi) is 2.86. The van der Waals surface area contributed by atoms with E-state index in [1.807, 2.05) is 12.1 Å². The van der Waals surface area contributed by atoms with Crippen molar-refractivity contribution in [2.75, 3.05) is 0 Å². The van der Waals surface area contributed by atoms with Crippen LogP contribution in [0, 0.1) is 0 Å². The van der Waals surface area contributed by atoms with E-state index in [0.29, 0.717) is 5.75 Å². The molecule has 0 radical (unpaired) electrons. The Balaban J connectivity index is 1.99. The van der Waals surface area contributed by atoms with Crippen LogP contribution in [0.25, 0.3) is 0 Å². The normalized spacial score (nSPS) is 10.2. The number of halogens is 1. The van der Waals surface area contributed by atoms with E-state index in [1.165, 1.54) is 0 Å². The van der Waals surface area contributed by atoms with Crippen molar-refractivity contribution in [3.05, 3.63) is 45.2 Å². The van der Waals surface area contributed by atoms with Crippen molar-refractivity contribution >= 4 is 15.9 Å². The minimum absolute atomic E-state index is 0.0629. The van der Waals surface area contributed by atoms with Crippen molar-refractivity contribution in [2.45, 2.75) is 6.61 Å². The van der Waals surface area contributed by atoms with E-state index < -0.39 is 5.82 Å². The lowest BCUT2D eigenvalue weighted by molar-refractivity contribution is 0.259. The molecule has 2 aromatic rings. The zero-order valence-corrected chi connectivity index (χ0v) is 9.06. The minimum Gasteiger partial charge on any atom is -0.484 e. The van der Waals surface area contributed by atoms with Gasteiger partial charge in [0, 0.05) is 4.47 Å². The standard InChI is InChI=1S/C9H6BrNO4/c10-6-1-3-7(4-2-6)13-5-8-11-15-9(12)14-8/h1-4H,5H2. The van der Waals surface area contributed by atoms with Crippen molar-refractivity contribution in [1.29, 1.82) is 0 Å². The van der Waals surface area contributed by atoms with Crippen LogP contribution in [0.3, 0.4) is 0 Å². The van der Waals surface area contributed by atoms with Gasteiger partial charge in [-0.05, 0) is 29.4 Å². The van der Waals surface area contributed by atoms with Gasteiger partial charge in [0.1, 0.15) is 5.75 Å². The fraction of sp³-hybridized carbons (Fsp3) is 0.111. The summed E-state index contributed by atoms with van der Waals surface area (Å²) in [6.45, 7) is 0.0629. The lowest BCUT2D eigenvalue weighted by atomic mass is 10.3. The number of hydrogen-bond donors (Lipinski definition) is 0. The van der Waals surface area contributed by atoms with Crippen LogP contribution in [0.15, 0.2) is 42.5 Å². The van der Waals surface area contributed by atoms with Crippen molar-refractivity contribution in [2.24, 2.45) is 0 Å². The third kappa shape index (κ3) is 2.69. The van der Waals surface area contributed by atoms with Crippen LogP contribution in [-0.2, 0) is 6.61 Å². The third-order valence-electron chi connectivity index (χ3n) is 1.60. The molecule has 0 saturated heterocycles. The molecule has 0 amide bonds. The molecule has 1 aromatic carbocycles. The molecule has 0 fully saturated rings. The monoisotopic (exact) mass is 271 g/mol. The van der Waals surface area contributed by atoms with E-state index in [2.05, 4.69) is 30.0 Å².